The zero-order valence-electron chi connectivity index (χ0n) is 12.1. The summed E-state index contributed by atoms with van der Waals surface area (Å²) in [5, 5.41) is 6.00. The summed E-state index contributed by atoms with van der Waals surface area (Å²) in [6, 6.07) is 18.8. The molecule has 3 heteroatoms. The van der Waals surface area contributed by atoms with Gasteiger partial charge in [-0.3, -0.25) is 4.68 Å². The molecule has 0 amide bonds. The number of rotatable bonds is 3. The van der Waals surface area contributed by atoms with Gasteiger partial charge in [-0.1, -0.05) is 55.5 Å². The number of para-hydroxylation sites is 1. The first-order chi connectivity index (χ1) is 9.90. The highest BCUT2D eigenvalue weighted by molar-refractivity contribution is 5.93. The van der Waals surface area contributed by atoms with Crippen LogP contribution in [0.25, 0.3) is 22.2 Å². The molecule has 0 atom stereocenters. The standard InChI is InChI=1S/C16H16N2.CH5N/c1-2-12-18-15-11-7-6-10-14(15)16(17-18)13-8-4-3-5-9-13;1-2/h3-11H,2,12H2,1H3;2H2,1H3. The molecule has 2 aromatic carbocycles. The average molecular weight is 267 g/mol. The largest absolute Gasteiger partial charge is 0.333 e. The van der Waals surface area contributed by atoms with E-state index in [1.165, 1.54) is 23.5 Å². The Labute approximate surface area is 120 Å². The molecule has 3 aromatic rings. The molecular weight excluding hydrogens is 246 g/mol. The van der Waals surface area contributed by atoms with Crippen molar-refractivity contribution in [2.75, 3.05) is 7.05 Å². The molecule has 1 heterocycles. The minimum Gasteiger partial charge on any atom is -0.333 e. The van der Waals surface area contributed by atoms with Crippen LogP contribution in [0, 0.1) is 0 Å². The third-order valence-electron chi connectivity index (χ3n) is 3.14. The first kappa shape index (κ1) is 14.3. The number of aromatic nitrogens is 2. The van der Waals surface area contributed by atoms with Crippen LogP contribution >= 0.6 is 0 Å². The SMILES string of the molecule is CCCn1nc(-c2ccccc2)c2ccccc21.CN. The van der Waals surface area contributed by atoms with Crippen LogP contribution in [0.3, 0.4) is 0 Å². The Morgan fingerprint density at radius 1 is 0.950 bits per heavy atom. The summed E-state index contributed by atoms with van der Waals surface area (Å²) in [4.78, 5) is 0. The summed E-state index contributed by atoms with van der Waals surface area (Å²) >= 11 is 0. The van der Waals surface area contributed by atoms with Crippen molar-refractivity contribution in [2.45, 2.75) is 19.9 Å². The van der Waals surface area contributed by atoms with E-state index < -0.39 is 0 Å². The van der Waals surface area contributed by atoms with Crippen LogP contribution in [0.1, 0.15) is 13.3 Å². The lowest BCUT2D eigenvalue weighted by molar-refractivity contribution is 0.624. The number of aryl methyl sites for hydroxylation is 1. The molecule has 0 fully saturated rings. The van der Waals surface area contributed by atoms with Gasteiger partial charge in [-0.25, -0.2) is 0 Å². The first-order valence-electron chi connectivity index (χ1n) is 6.99. The number of benzene rings is 2. The topological polar surface area (TPSA) is 43.8 Å². The number of fused-ring (bicyclic) bond motifs is 1. The van der Waals surface area contributed by atoms with Crippen molar-refractivity contribution in [3.63, 3.8) is 0 Å². The lowest BCUT2D eigenvalue weighted by Crippen LogP contribution is -1.98. The van der Waals surface area contributed by atoms with Crippen LogP contribution in [-0.4, -0.2) is 16.8 Å². The molecule has 1 aromatic heterocycles. The third-order valence-corrected chi connectivity index (χ3v) is 3.14. The minimum atomic E-state index is 0.966. The zero-order valence-corrected chi connectivity index (χ0v) is 12.1. The van der Waals surface area contributed by atoms with Crippen molar-refractivity contribution in [1.29, 1.82) is 0 Å². The van der Waals surface area contributed by atoms with E-state index in [9.17, 15) is 0 Å². The highest BCUT2D eigenvalue weighted by Crippen LogP contribution is 2.27. The zero-order chi connectivity index (χ0) is 14.4. The Morgan fingerprint density at radius 3 is 2.30 bits per heavy atom. The number of hydrogen-bond donors (Lipinski definition) is 1. The maximum atomic E-state index is 4.77. The molecular formula is C17H21N3. The molecule has 3 rings (SSSR count). The quantitative estimate of drug-likeness (QED) is 0.786. The van der Waals surface area contributed by atoms with Gasteiger partial charge in [-0.2, -0.15) is 5.10 Å². The number of nitrogens with two attached hydrogens (primary N) is 1. The fraction of sp³-hybridized carbons (Fsp3) is 0.235. The van der Waals surface area contributed by atoms with Gasteiger partial charge in [0.15, 0.2) is 0 Å². The van der Waals surface area contributed by atoms with Crippen molar-refractivity contribution in [3.8, 4) is 11.3 Å². The molecule has 3 nitrogen and oxygen atoms in total. The molecule has 0 bridgehead atoms. The van der Waals surface area contributed by atoms with Gasteiger partial charge >= 0.3 is 0 Å². The van der Waals surface area contributed by atoms with Crippen molar-refractivity contribution >= 4 is 10.9 Å². The Balaban J connectivity index is 0.000000704. The van der Waals surface area contributed by atoms with Crippen LogP contribution in [0.2, 0.25) is 0 Å². The van der Waals surface area contributed by atoms with Gasteiger partial charge in [0, 0.05) is 17.5 Å². The maximum Gasteiger partial charge on any atom is 0.100 e. The summed E-state index contributed by atoms with van der Waals surface area (Å²) in [6.45, 7) is 3.14. The Kier molecular flexibility index (Phi) is 4.91. The highest BCUT2D eigenvalue weighted by atomic mass is 15.3. The molecule has 2 N–H and O–H groups in total. The van der Waals surface area contributed by atoms with E-state index in [0.717, 1.165) is 18.7 Å². The van der Waals surface area contributed by atoms with E-state index in [2.05, 4.69) is 65.9 Å². The average Bonchev–Trinajstić information content (AvgIpc) is 2.90. The van der Waals surface area contributed by atoms with Gasteiger partial charge in [0.25, 0.3) is 0 Å². The Hall–Kier alpha value is -2.13. The van der Waals surface area contributed by atoms with Crippen LogP contribution in [0.4, 0.5) is 0 Å². The lowest BCUT2D eigenvalue weighted by Gasteiger charge is -1.98. The van der Waals surface area contributed by atoms with Gasteiger partial charge in [0.2, 0.25) is 0 Å². The van der Waals surface area contributed by atoms with Crippen molar-refractivity contribution in [2.24, 2.45) is 5.73 Å². The molecule has 0 spiro atoms. The van der Waals surface area contributed by atoms with Gasteiger partial charge < -0.3 is 5.73 Å². The van der Waals surface area contributed by atoms with E-state index in [4.69, 9.17) is 5.10 Å². The highest BCUT2D eigenvalue weighted by Gasteiger charge is 2.10. The summed E-state index contributed by atoms with van der Waals surface area (Å²) in [5.74, 6) is 0. The monoisotopic (exact) mass is 267 g/mol. The van der Waals surface area contributed by atoms with Crippen molar-refractivity contribution < 1.29 is 0 Å². The summed E-state index contributed by atoms with van der Waals surface area (Å²) in [5.41, 5.74) is 7.99. The molecule has 104 valence electrons. The third kappa shape index (κ3) is 2.73. The smallest absolute Gasteiger partial charge is 0.100 e. The van der Waals surface area contributed by atoms with Crippen LogP contribution < -0.4 is 5.73 Å². The predicted octanol–water partition coefficient (Wildman–Crippen LogP) is 3.69. The van der Waals surface area contributed by atoms with Gasteiger partial charge in [-0.05, 0) is 19.5 Å². The minimum absolute atomic E-state index is 0.966. The maximum absolute atomic E-state index is 4.77. The van der Waals surface area contributed by atoms with Crippen molar-refractivity contribution in [3.05, 3.63) is 54.6 Å². The molecule has 0 aliphatic carbocycles. The summed E-state index contributed by atoms with van der Waals surface area (Å²) in [7, 11) is 1.50. The molecule has 0 saturated heterocycles. The van der Waals surface area contributed by atoms with Gasteiger partial charge in [0.1, 0.15) is 5.69 Å². The fourth-order valence-corrected chi connectivity index (χ4v) is 2.32. The van der Waals surface area contributed by atoms with Gasteiger partial charge in [-0.15, -0.1) is 0 Å². The molecule has 0 saturated carbocycles. The molecule has 0 aliphatic heterocycles. The van der Waals surface area contributed by atoms with E-state index in [0.29, 0.717) is 0 Å². The van der Waals surface area contributed by atoms with Crippen LogP contribution in [0.5, 0.6) is 0 Å². The molecule has 20 heavy (non-hydrogen) atoms. The Morgan fingerprint density at radius 2 is 1.60 bits per heavy atom. The summed E-state index contributed by atoms with van der Waals surface area (Å²) in [6.07, 6.45) is 1.10. The van der Waals surface area contributed by atoms with E-state index in [-0.39, 0.29) is 0 Å². The van der Waals surface area contributed by atoms with Gasteiger partial charge in [0.05, 0.1) is 5.52 Å². The second-order valence-corrected chi connectivity index (χ2v) is 4.45. The fourth-order valence-electron chi connectivity index (χ4n) is 2.32. The number of hydrogen-bond acceptors (Lipinski definition) is 2. The number of nitrogens with zero attached hydrogens (tertiary/aromatic N) is 2. The van der Waals surface area contributed by atoms with E-state index in [1.54, 1.807) is 0 Å². The van der Waals surface area contributed by atoms with Crippen LogP contribution in [-0.2, 0) is 6.54 Å². The van der Waals surface area contributed by atoms with E-state index >= 15 is 0 Å². The molecule has 0 radical (unpaired) electrons. The lowest BCUT2D eigenvalue weighted by atomic mass is 10.1. The normalized spacial score (nSPS) is 10.2. The Bertz CT molecular complexity index is 656. The first-order valence-corrected chi connectivity index (χ1v) is 6.99. The second-order valence-electron chi connectivity index (χ2n) is 4.45. The van der Waals surface area contributed by atoms with E-state index in [1.807, 2.05) is 6.07 Å². The summed E-state index contributed by atoms with van der Waals surface area (Å²) < 4.78 is 2.11. The molecule has 0 unspecified atom stereocenters. The molecule has 0 aliphatic rings. The second kappa shape index (κ2) is 6.87. The predicted molar refractivity (Wildman–Crippen MR) is 85.6 cm³/mol. The van der Waals surface area contributed by atoms with Crippen LogP contribution in [0.15, 0.2) is 54.6 Å². The van der Waals surface area contributed by atoms with Crippen molar-refractivity contribution in [1.82, 2.24) is 9.78 Å².